The highest BCUT2D eigenvalue weighted by Gasteiger charge is 2.66. The van der Waals surface area contributed by atoms with Crippen LogP contribution in [0.4, 0.5) is 10.8 Å². The van der Waals surface area contributed by atoms with E-state index in [1.54, 1.807) is 23.1 Å². The van der Waals surface area contributed by atoms with Crippen molar-refractivity contribution < 1.29 is 14.0 Å². The van der Waals surface area contributed by atoms with Crippen molar-refractivity contribution in [1.29, 1.82) is 0 Å². The van der Waals surface area contributed by atoms with Crippen molar-refractivity contribution in [3.8, 4) is 0 Å². The number of thioether (sulfide) groups is 1. The molecule has 0 N–H and O–H groups in total. The number of nitrogens with zero attached hydrogens (tertiary/aromatic N) is 4. The largest absolute Gasteiger partial charge is 0.450 e. The summed E-state index contributed by atoms with van der Waals surface area (Å²) in [7, 11) is 0. The zero-order valence-corrected chi connectivity index (χ0v) is 25.6. The van der Waals surface area contributed by atoms with Crippen LogP contribution in [0.5, 0.6) is 0 Å². The maximum absolute atomic E-state index is 15.1. The molecule has 2 aliphatic rings. The van der Waals surface area contributed by atoms with Crippen LogP contribution in [0.2, 0.25) is 0 Å². The summed E-state index contributed by atoms with van der Waals surface area (Å²) in [5.74, 6) is -0.529. The number of carbonyl (C=O) groups excluding carboxylic acids is 2. The minimum atomic E-state index is -1.82. The molecule has 2 aromatic heterocycles. The molecule has 1 atom stereocenters. The van der Waals surface area contributed by atoms with E-state index in [1.165, 1.54) is 28.0 Å². The van der Waals surface area contributed by atoms with Gasteiger partial charge in [-0.2, -0.15) is 0 Å². The molecule has 4 heterocycles. The second kappa shape index (κ2) is 10.5. The third-order valence-electron chi connectivity index (χ3n) is 8.26. The normalized spacial score (nSPS) is 17.0. The number of benzene rings is 4. The lowest BCUT2D eigenvalue weighted by molar-refractivity contribution is -0.121. The number of carbonyl (C=O) groups is 2. The second-order valence-electron chi connectivity index (χ2n) is 11.0. The van der Waals surface area contributed by atoms with Gasteiger partial charge in [0.05, 0.1) is 23.2 Å². The van der Waals surface area contributed by atoms with Crippen LogP contribution in [0.15, 0.2) is 117 Å². The van der Waals surface area contributed by atoms with Gasteiger partial charge in [0.25, 0.3) is 11.8 Å². The zero-order valence-electron chi connectivity index (χ0n) is 24.0. The van der Waals surface area contributed by atoms with E-state index in [1.807, 2.05) is 91.9 Å². The van der Waals surface area contributed by atoms with Crippen LogP contribution in [0.25, 0.3) is 11.0 Å². The monoisotopic (exact) mass is 628 g/mol. The average molecular weight is 629 g/mol. The Balaban J connectivity index is 1.34. The van der Waals surface area contributed by atoms with Gasteiger partial charge in [0, 0.05) is 11.3 Å². The van der Waals surface area contributed by atoms with Gasteiger partial charge in [0.1, 0.15) is 5.58 Å². The smallest absolute Gasteiger partial charge is 0.297 e. The Kier molecular flexibility index (Phi) is 6.44. The molecular weight excluding hydrogens is 605 g/mol. The number of aryl methyl sites for hydroxylation is 1. The molecule has 0 aliphatic carbocycles. The molecule has 0 radical (unpaired) electrons. The van der Waals surface area contributed by atoms with Gasteiger partial charge in [-0.05, 0) is 36.2 Å². The van der Waals surface area contributed by atoms with Gasteiger partial charge in [0.2, 0.25) is 10.9 Å². The van der Waals surface area contributed by atoms with Crippen molar-refractivity contribution in [2.24, 2.45) is 0 Å². The fourth-order valence-electron chi connectivity index (χ4n) is 6.27. The lowest BCUT2D eigenvalue weighted by Crippen LogP contribution is -2.53. The molecule has 220 valence electrons. The molecule has 2 amide bonds. The lowest BCUT2D eigenvalue weighted by atomic mass is 9.84. The molecule has 4 aromatic carbocycles. The van der Waals surface area contributed by atoms with E-state index in [-0.39, 0.29) is 28.6 Å². The number of amides is 2. The number of para-hydroxylation sites is 1. The molecule has 10 heteroatoms. The summed E-state index contributed by atoms with van der Waals surface area (Å²) in [6.45, 7) is 2.13. The van der Waals surface area contributed by atoms with Gasteiger partial charge in [-0.15, -0.1) is 10.2 Å². The molecule has 45 heavy (non-hydrogen) atoms. The number of aromatic nitrogens is 2. The predicted octanol–water partition coefficient (Wildman–Crippen LogP) is 6.70. The van der Waals surface area contributed by atoms with Crippen molar-refractivity contribution in [3.63, 3.8) is 0 Å². The topological polar surface area (TPSA) is 96.6 Å². The Morgan fingerprint density at radius 2 is 1.56 bits per heavy atom. The molecule has 1 unspecified atom stereocenters. The van der Waals surface area contributed by atoms with Crippen LogP contribution in [0.1, 0.15) is 38.4 Å². The number of rotatable bonds is 6. The highest BCUT2D eigenvalue weighted by Crippen LogP contribution is 2.55. The molecule has 8 rings (SSSR count). The van der Waals surface area contributed by atoms with E-state index in [0.717, 1.165) is 16.7 Å². The maximum Gasteiger partial charge on any atom is 0.297 e. The van der Waals surface area contributed by atoms with Crippen LogP contribution in [0.3, 0.4) is 0 Å². The highest BCUT2D eigenvalue weighted by molar-refractivity contribution is 8.00. The van der Waals surface area contributed by atoms with Gasteiger partial charge < -0.3 is 9.32 Å². The number of hydrogen-bond acceptors (Lipinski definition) is 8. The first kappa shape index (κ1) is 27.5. The first-order valence-corrected chi connectivity index (χ1v) is 16.1. The molecular formula is C35H24N4O4S2. The zero-order chi connectivity index (χ0) is 30.7. The fourth-order valence-corrected chi connectivity index (χ4v) is 8.12. The van der Waals surface area contributed by atoms with E-state index < -0.39 is 22.8 Å². The molecule has 0 fully saturated rings. The molecule has 1 spiro atoms. The van der Waals surface area contributed by atoms with E-state index in [9.17, 15) is 9.59 Å². The Labute approximate surface area is 265 Å². The number of fused-ring (bicyclic) bond motifs is 5. The fraction of sp³-hybridized carbons (Fsp3) is 0.114. The van der Waals surface area contributed by atoms with E-state index >= 15 is 4.79 Å². The summed E-state index contributed by atoms with van der Waals surface area (Å²) in [4.78, 5) is 47.0. The van der Waals surface area contributed by atoms with E-state index in [2.05, 4.69) is 10.2 Å². The molecule has 6 aromatic rings. The van der Waals surface area contributed by atoms with Crippen LogP contribution in [0, 0.1) is 6.92 Å². The standard InChI is InChI=1S/C35H24N4O4S2/c1-21-16-17-27-24(18-21)29(40)28-30(43-27)31(41)39(33-36-37-34(45-33)44-20-23-12-6-3-7-13-23)35(28)25-14-8-9-15-26(25)38(32(35)42)19-22-10-4-2-5-11-22/h2-18H,19-20H2,1H3. The molecule has 2 aliphatic heterocycles. The van der Waals surface area contributed by atoms with Gasteiger partial charge in [-0.3, -0.25) is 19.3 Å². The summed E-state index contributed by atoms with van der Waals surface area (Å²) < 4.78 is 6.84. The summed E-state index contributed by atoms with van der Waals surface area (Å²) in [6.07, 6.45) is 0. The molecule has 0 bridgehead atoms. The summed E-state index contributed by atoms with van der Waals surface area (Å²) >= 11 is 2.70. The van der Waals surface area contributed by atoms with Crippen LogP contribution < -0.4 is 15.2 Å². The quantitative estimate of drug-likeness (QED) is 0.150. The van der Waals surface area contributed by atoms with Crippen molar-refractivity contribution in [2.75, 3.05) is 9.80 Å². The Bertz CT molecular complexity index is 2200. The van der Waals surface area contributed by atoms with Gasteiger partial charge >= 0.3 is 0 Å². The van der Waals surface area contributed by atoms with Gasteiger partial charge in [-0.25, -0.2) is 0 Å². The Hall–Kier alpha value is -5.06. The number of hydrogen-bond donors (Lipinski definition) is 0. The highest BCUT2D eigenvalue weighted by atomic mass is 32.2. The Morgan fingerprint density at radius 1 is 0.844 bits per heavy atom. The minimum absolute atomic E-state index is 0.00676. The van der Waals surface area contributed by atoms with Gasteiger partial charge in [0.15, 0.2) is 15.3 Å². The SMILES string of the molecule is Cc1ccc2oc3c(c(=O)c2c1)C1(C(=O)N(Cc2ccccc2)c2ccccc21)N(c1nnc(SCc2ccccc2)s1)C3=O. The van der Waals surface area contributed by atoms with E-state index in [4.69, 9.17) is 4.42 Å². The van der Waals surface area contributed by atoms with Crippen molar-refractivity contribution in [2.45, 2.75) is 29.1 Å². The average Bonchev–Trinajstić information content (AvgIpc) is 3.70. The van der Waals surface area contributed by atoms with Crippen molar-refractivity contribution in [1.82, 2.24) is 10.2 Å². The predicted molar refractivity (Wildman–Crippen MR) is 175 cm³/mol. The van der Waals surface area contributed by atoms with Gasteiger partial charge in [-0.1, -0.05) is 114 Å². The minimum Gasteiger partial charge on any atom is -0.450 e. The molecule has 0 saturated carbocycles. The summed E-state index contributed by atoms with van der Waals surface area (Å²) in [6, 6.07) is 32.2. The van der Waals surface area contributed by atoms with Crippen LogP contribution >= 0.6 is 23.1 Å². The third-order valence-corrected chi connectivity index (χ3v) is 10.4. The maximum atomic E-state index is 15.1. The summed E-state index contributed by atoms with van der Waals surface area (Å²) in [5.41, 5.74) is 2.07. The lowest BCUT2D eigenvalue weighted by Gasteiger charge is -2.32. The van der Waals surface area contributed by atoms with Crippen LogP contribution in [-0.2, 0) is 22.6 Å². The van der Waals surface area contributed by atoms with Crippen molar-refractivity contribution in [3.05, 3.63) is 147 Å². The molecule has 0 saturated heterocycles. The molecule has 8 nitrogen and oxygen atoms in total. The second-order valence-corrected chi connectivity index (χ2v) is 13.2. The van der Waals surface area contributed by atoms with E-state index in [0.29, 0.717) is 26.7 Å². The Morgan fingerprint density at radius 3 is 2.33 bits per heavy atom. The number of anilines is 2. The first-order chi connectivity index (χ1) is 22.0. The third kappa shape index (κ3) is 4.17. The van der Waals surface area contributed by atoms with Crippen molar-refractivity contribution >= 4 is 56.7 Å². The first-order valence-electron chi connectivity index (χ1n) is 14.3. The van der Waals surface area contributed by atoms with Crippen LogP contribution in [-0.4, -0.2) is 22.0 Å². The summed E-state index contributed by atoms with van der Waals surface area (Å²) in [5, 5.41) is 9.34.